The van der Waals surface area contributed by atoms with Crippen molar-refractivity contribution in [2.24, 2.45) is 5.73 Å². The Morgan fingerprint density at radius 2 is 2.27 bits per heavy atom. The molecule has 0 spiro atoms. The van der Waals surface area contributed by atoms with E-state index in [4.69, 9.17) is 11.0 Å². The van der Waals surface area contributed by atoms with Gasteiger partial charge < -0.3 is 11.1 Å². The molecule has 0 saturated heterocycles. The van der Waals surface area contributed by atoms with Gasteiger partial charge in [-0.15, -0.1) is 0 Å². The number of unbranched alkanes of at least 4 members (excludes halogenated alkanes) is 1. The van der Waals surface area contributed by atoms with Crippen LogP contribution in [0, 0.1) is 18.3 Å². The van der Waals surface area contributed by atoms with Crippen molar-refractivity contribution in [1.29, 1.82) is 5.26 Å². The van der Waals surface area contributed by atoms with Gasteiger partial charge in [-0.05, 0) is 32.4 Å². The number of aryl methyl sites for hydroxylation is 1. The molecule has 1 aromatic heterocycles. The average molecular weight is 205 g/mol. The van der Waals surface area contributed by atoms with Gasteiger partial charge >= 0.3 is 0 Å². The van der Waals surface area contributed by atoms with E-state index in [-0.39, 0.29) is 0 Å². The molecule has 80 valence electrons. The molecule has 15 heavy (non-hydrogen) atoms. The van der Waals surface area contributed by atoms with E-state index in [0.717, 1.165) is 25.1 Å². The first-order valence-corrected chi connectivity index (χ1v) is 4.96. The van der Waals surface area contributed by atoms with Crippen LogP contribution in [0.2, 0.25) is 0 Å². The number of nitrogens with one attached hydrogen (secondary N) is 1. The lowest BCUT2D eigenvalue weighted by molar-refractivity contribution is 0.769. The van der Waals surface area contributed by atoms with E-state index in [2.05, 4.69) is 15.3 Å². The zero-order valence-corrected chi connectivity index (χ0v) is 8.82. The first-order valence-electron chi connectivity index (χ1n) is 4.96. The summed E-state index contributed by atoms with van der Waals surface area (Å²) in [5, 5.41) is 11.8. The molecule has 0 bridgehead atoms. The minimum Gasteiger partial charge on any atom is -0.354 e. The lowest BCUT2D eigenvalue weighted by Crippen LogP contribution is -2.09. The Balaban J connectivity index is 2.54. The molecule has 0 atom stereocenters. The quantitative estimate of drug-likeness (QED) is 0.694. The Bertz CT molecular complexity index is 355. The molecule has 5 heteroatoms. The van der Waals surface area contributed by atoms with Crippen molar-refractivity contribution >= 4 is 5.95 Å². The Labute approximate surface area is 89.3 Å². The number of anilines is 1. The van der Waals surface area contributed by atoms with Gasteiger partial charge in [0.1, 0.15) is 11.8 Å². The van der Waals surface area contributed by atoms with Gasteiger partial charge in [-0.3, -0.25) is 0 Å². The van der Waals surface area contributed by atoms with Gasteiger partial charge in [0.15, 0.2) is 0 Å². The van der Waals surface area contributed by atoms with Crippen molar-refractivity contribution < 1.29 is 0 Å². The van der Waals surface area contributed by atoms with Crippen molar-refractivity contribution in [3.8, 4) is 6.07 Å². The number of aromatic nitrogens is 2. The summed E-state index contributed by atoms with van der Waals surface area (Å²) in [4.78, 5) is 8.21. The maximum atomic E-state index is 8.71. The number of hydrogen-bond donors (Lipinski definition) is 2. The van der Waals surface area contributed by atoms with Gasteiger partial charge in [-0.25, -0.2) is 9.97 Å². The minimum atomic E-state index is 0.392. The number of rotatable bonds is 5. The summed E-state index contributed by atoms with van der Waals surface area (Å²) in [6.07, 6.45) is 1.96. The van der Waals surface area contributed by atoms with Crippen LogP contribution in [0.5, 0.6) is 0 Å². The van der Waals surface area contributed by atoms with Gasteiger partial charge in [0.05, 0.1) is 0 Å². The maximum Gasteiger partial charge on any atom is 0.224 e. The van der Waals surface area contributed by atoms with Crippen LogP contribution < -0.4 is 11.1 Å². The highest BCUT2D eigenvalue weighted by Crippen LogP contribution is 2.03. The van der Waals surface area contributed by atoms with E-state index < -0.39 is 0 Å². The predicted octanol–water partition coefficient (Wildman–Crippen LogP) is 0.807. The molecule has 0 aromatic carbocycles. The summed E-state index contributed by atoms with van der Waals surface area (Å²) in [6, 6.07) is 3.66. The molecule has 1 heterocycles. The zero-order valence-electron chi connectivity index (χ0n) is 8.82. The Kier molecular flexibility index (Phi) is 4.51. The second kappa shape index (κ2) is 5.94. The summed E-state index contributed by atoms with van der Waals surface area (Å²) in [7, 11) is 0. The first-order chi connectivity index (χ1) is 7.26. The van der Waals surface area contributed by atoms with Crippen LogP contribution in [0.25, 0.3) is 0 Å². The van der Waals surface area contributed by atoms with E-state index >= 15 is 0 Å². The van der Waals surface area contributed by atoms with Crippen molar-refractivity contribution in [1.82, 2.24) is 9.97 Å². The predicted molar refractivity (Wildman–Crippen MR) is 58.3 cm³/mol. The van der Waals surface area contributed by atoms with Crippen molar-refractivity contribution in [2.75, 3.05) is 18.4 Å². The van der Waals surface area contributed by atoms with Gasteiger partial charge in [0.2, 0.25) is 5.95 Å². The van der Waals surface area contributed by atoms with E-state index in [1.165, 1.54) is 0 Å². The molecular weight excluding hydrogens is 190 g/mol. The van der Waals surface area contributed by atoms with Gasteiger partial charge in [0, 0.05) is 12.2 Å². The minimum absolute atomic E-state index is 0.392. The molecule has 0 aliphatic rings. The largest absolute Gasteiger partial charge is 0.354 e. The second-order valence-electron chi connectivity index (χ2n) is 3.25. The summed E-state index contributed by atoms with van der Waals surface area (Å²) in [6.45, 7) is 3.32. The second-order valence-corrected chi connectivity index (χ2v) is 3.25. The smallest absolute Gasteiger partial charge is 0.224 e. The molecule has 0 unspecified atom stereocenters. The number of nitriles is 1. The summed E-state index contributed by atoms with van der Waals surface area (Å²) in [5.41, 5.74) is 6.56. The molecule has 5 nitrogen and oxygen atoms in total. The van der Waals surface area contributed by atoms with E-state index in [0.29, 0.717) is 18.2 Å². The van der Waals surface area contributed by atoms with Crippen LogP contribution in [0.1, 0.15) is 24.2 Å². The molecule has 0 amide bonds. The standard InChI is InChI=1S/C10H15N5/c1-8-6-9(7-12)15-10(14-8)13-5-3-2-4-11/h6H,2-5,11H2,1H3,(H,13,14,15). The molecule has 0 aliphatic heterocycles. The van der Waals surface area contributed by atoms with Crippen LogP contribution in [-0.4, -0.2) is 23.1 Å². The fraction of sp³-hybridized carbons (Fsp3) is 0.500. The molecule has 3 N–H and O–H groups in total. The molecule has 1 rings (SSSR count). The summed E-state index contributed by atoms with van der Waals surface area (Å²) in [5.74, 6) is 0.517. The molecule has 1 aromatic rings. The lowest BCUT2D eigenvalue weighted by Gasteiger charge is -2.04. The molecule has 0 saturated carbocycles. The van der Waals surface area contributed by atoms with Crippen LogP contribution in [0.15, 0.2) is 6.07 Å². The molecule has 0 aliphatic carbocycles. The van der Waals surface area contributed by atoms with Crippen molar-refractivity contribution in [3.63, 3.8) is 0 Å². The highest BCUT2D eigenvalue weighted by atomic mass is 15.1. The fourth-order valence-corrected chi connectivity index (χ4v) is 1.17. The number of nitrogens with zero attached hydrogens (tertiary/aromatic N) is 3. The normalized spacial score (nSPS) is 9.67. The molecule has 0 radical (unpaired) electrons. The lowest BCUT2D eigenvalue weighted by atomic mass is 10.3. The third kappa shape index (κ3) is 3.92. The Morgan fingerprint density at radius 1 is 1.47 bits per heavy atom. The van der Waals surface area contributed by atoms with Gasteiger partial charge in [0.25, 0.3) is 0 Å². The SMILES string of the molecule is Cc1cc(C#N)nc(NCCCCN)n1. The van der Waals surface area contributed by atoms with Crippen molar-refractivity contribution in [2.45, 2.75) is 19.8 Å². The van der Waals surface area contributed by atoms with E-state index in [1.807, 2.05) is 13.0 Å². The van der Waals surface area contributed by atoms with Gasteiger partial charge in [-0.2, -0.15) is 5.26 Å². The van der Waals surface area contributed by atoms with Crippen LogP contribution in [0.4, 0.5) is 5.95 Å². The molecular formula is C10H15N5. The highest BCUT2D eigenvalue weighted by Gasteiger charge is 2.00. The number of hydrogen-bond acceptors (Lipinski definition) is 5. The Hall–Kier alpha value is -1.67. The number of nitrogens with two attached hydrogens (primary N) is 1. The monoisotopic (exact) mass is 205 g/mol. The van der Waals surface area contributed by atoms with Crippen LogP contribution in [-0.2, 0) is 0 Å². The fourth-order valence-electron chi connectivity index (χ4n) is 1.17. The average Bonchev–Trinajstić information content (AvgIpc) is 2.23. The highest BCUT2D eigenvalue weighted by molar-refractivity contribution is 5.32. The van der Waals surface area contributed by atoms with Gasteiger partial charge in [-0.1, -0.05) is 0 Å². The molecule has 0 fully saturated rings. The third-order valence-corrected chi connectivity index (χ3v) is 1.88. The van der Waals surface area contributed by atoms with E-state index in [1.54, 1.807) is 6.07 Å². The van der Waals surface area contributed by atoms with Crippen LogP contribution >= 0.6 is 0 Å². The van der Waals surface area contributed by atoms with Crippen LogP contribution in [0.3, 0.4) is 0 Å². The topological polar surface area (TPSA) is 87.6 Å². The third-order valence-electron chi connectivity index (χ3n) is 1.88. The maximum absolute atomic E-state index is 8.71. The summed E-state index contributed by atoms with van der Waals surface area (Å²) >= 11 is 0. The van der Waals surface area contributed by atoms with Crippen molar-refractivity contribution in [3.05, 3.63) is 17.5 Å². The summed E-state index contributed by atoms with van der Waals surface area (Å²) < 4.78 is 0. The van der Waals surface area contributed by atoms with E-state index in [9.17, 15) is 0 Å². The zero-order chi connectivity index (χ0) is 11.1. The Morgan fingerprint density at radius 3 is 2.93 bits per heavy atom. The first kappa shape index (κ1) is 11.4.